The van der Waals surface area contributed by atoms with E-state index >= 15 is 0 Å². The summed E-state index contributed by atoms with van der Waals surface area (Å²) < 4.78 is 5.24. The number of urea groups is 1. The van der Waals surface area contributed by atoms with Crippen LogP contribution in [-0.4, -0.2) is 38.2 Å². The summed E-state index contributed by atoms with van der Waals surface area (Å²) in [6.07, 6.45) is 3.35. The second-order valence-corrected chi connectivity index (χ2v) is 5.48. The van der Waals surface area contributed by atoms with Crippen molar-refractivity contribution in [3.8, 4) is 0 Å². The van der Waals surface area contributed by atoms with E-state index in [0.29, 0.717) is 18.7 Å². The number of nitrogens with zero attached hydrogens (tertiary/aromatic N) is 1. The van der Waals surface area contributed by atoms with Gasteiger partial charge in [0.2, 0.25) is 5.91 Å². The van der Waals surface area contributed by atoms with Crippen LogP contribution >= 0.6 is 0 Å². The minimum Gasteiger partial charge on any atom is -0.382 e. The van der Waals surface area contributed by atoms with Gasteiger partial charge in [-0.15, -0.1) is 0 Å². The van der Waals surface area contributed by atoms with E-state index < -0.39 is 0 Å². The Morgan fingerprint density at radius 2 is 2.04 bits per heavy atom. The minimum absolute atomic E-state index is 0.163. The summed E-state index contributed by atoms with van der Waals surface area (Å²) in [5.74, 6) is 0.163. The Labute approximate surface area is 137 Å². The van der Waals surface area contributed by atoms with Crippen LogP contribution in [0.2, 0.25) is 0 Å². The van der Waals surface area contributed by atoms with Gasteiger partial charge in [-0.05, 0) is 50.5 Å². The predicted molar refractivity (Wildman–Crippen MR) is 90.8 cm³/mol. The maximum Gasteiger partial charge on any atom is 0.319 e. The van der Waals surface area contributed by atoms with Crippen LogP contribution in [0.5, 0.6) is 0 Å². The topological polar surface area (TPSA) is 70.7 Å². The molecule has 2 N–H and O–H groups in total. The lowest BCUT2D eigenvalue weighted by molar-refractivity contribution is -0.117. The molecule has 0 aromatic heterocycles. The molecule has 2 rings (SSSR count). The number of hydrogen-bond donors (Lipinski definition) is 2. The molecule has 1 aromatic carbocycles. The van der Waals surface area contributed by atoms with E-state index in [1.807, 2.05) is 31.2 Å². The van der Waals surface area contributed by atoms with Crippen molar-refractivity contribution in [1.29, 1.82) is 0 Å². The smallest absolute Gasteiger partial charge is 0.319 e. The molecule has 0 unspecified atom stereocenters. The van der Waals surface area contributed by atoms with Crippen molar-refractivity contribution >= 4 is 23.3 Å². The molecule has 0 spiro atoms. The maximum absolute atomic E-state index is 11.8. The van der Waals surface area contributed by atoms with E-state index in [9.17, 15) is 9.59 Å². The fraction of sp³-hybridized carbons (Fsp3) is 0.529. The molecule has 1 fully saturated rings. The molecular formula is C17H25N3O3. The van der Waals surface area contributed by atoms with Crippen molar-refractivity contribution in [3.63, 3.8) is 0 Å². The van der Waals surface area contributed by atoms with Gasteiger partial charge in [-0.1, -0.05) is 0 Å². The molecule has 3 amide bonds. The molecule has 0 radical (unpaired) electrons. The van der Waals surface area contributed by atoms with Gasteiger partial charge in [0.1, 0.15) is 0 Å². The summed E-state index contributed by atoms with van der Waals surface area (Å²) >= 11 is 0. The molecular weight excluding hydrogens is 294 g/mol. The molecule has 23 heavy (non-hydrogen) atoms. The molecule has 6 heteroatoms. The second kappa shape index (κ2) is 9.15. The Morgan fingerprint density at radius 1 is 1.26 bits per heavy atom. The van der Waals surface area contributed by atoms with Crippen LogP contribution in [0.3, 0.4) is 0 Å². The van der Waals surface area contributed by atoms with Gasteiger partial charge >= 0.3 is 6.03 Å². The van der Waals surface area contributed by atoms with E-state index in [4.69, 9.17) is 4.74 Å². The van der Waals surface area contributed by atoms with Crippen LogP contribution in [0.1, 0.15) is 32.6 Å². The van der Waals surface area contributed by atoms with Crippen molar-refractivity contribution in [3.05, 3.63) is 24.3 Å². The summed E-state index contributed by atoms with van der Waals surface area (Å²) in [5.41, 5.74) is 1.60. The van der Waals surface area contributed by atoms with Crippen LogP contribution in [0, 0.1) is 0 Å². The quantitative estimate of drug-likeness (QED) is 0.724. The van der Waals surface area contributed by atoms with Crippen molar-refractivity contribution in [1.82, 2.24) is 5.32 Å². The zero-order valence-electron chi connectivity index (χ0n) is 13.6. The first kappa shape index (κ1) is 17.3. The average molecular weight is 319 g/mol. The molecule has 1 aliphatic rings. The predicted octanol–water partition coefficient (Wildman–Crippen LogP) is 2.75. The van der Waals surface area contributed by atoms with E-state index in [2.05, 4.69) is 10.6 Å². The molecule has 6 nitrogen and oxygen atoms in total. The zero-order chi connectivity index (χ0) is 16.5. The third-order valence-electron chi connectivity index (χ3n) is 3.72. The molecule has 1 heterocycles. The highest BCUT2D eigenvalue weighted by atomic mass is 16.5. The van der Waals surface area contributed by atoms with Gasteiger partial charge < -0.3 is 20.3 Å². The summed E-state index contributed by atoms with van der Waals surface area (Å²) in [6.45, 7) is 4.83. The number of unbranched alkanes of at least 4 members (excludes halogenated alkanes) is 1. The Morgan fingerprint density at radius 3 is 2.70 bits per heavy atom. The van der Waals surface area contributed by atoms with Crippen LogP contribution in [0.15, 0.2) is 24.3 Å². The summed E-state index contributed by atoms with van der Waals surface area (Å²) in [6, 6.07) is 7.14. The Balaban J connectivity index is 1.70. The highest BCUT2D eigenvalue weighted by Crippen LogP contribution is 2.22. The first-order valence-electron chi connectivity index (χ1n) is 8.23. The normalized spacial score (nSPS) is 14.1. The number of ether oxygens (including phenoxy) is 1. The van der Waals surface area contributed by atoms with Crippen molar-refractivity contribution in [2.45, 2.75) is 32.6 Å². The highest BCUT2D eigenvalue weighted by molar-refractivity contribution is 5.96. The summed E-state index contributed by atoms with van der Waals surface area (Å²) in [7, 11) is 0. The van der Waals surface area contributed by atoms with Gasteiger partial charge in [-0.25, -0.2) is 4.79 Å². The van der Waals surface area contributed by atoms with E-state index in [1.54, 1.807) is 4.90 Å². The van der Waals surface area contributed by atoms with Gasteiger partial charge in [-0.2, -0.15) is 0 Å². The first-order chi connectivity index (χ1) is 11.2. The molecule has 126 valence electrons. The van der Waals surface area contributed by atoms with Crippen LogP contribution in [0.4, 0.5) is 16.2 Å². The van der Waals surface area contributed by atoms with Gasteiger partial charge in [0.05, 0.1) is 0 Å². The highest BCUT2D eigenvalue weighted by Gasteiger charge is 2.21. The summed E-state index contributed by atoms with van der Waals surface area (Å²) in [4.78, 5) is 25.2. The standard InChI is InChI=1S/C17H25N3O3/c1-2-23-13-4-3-11-18-17(22)19-14-7-9-15(10-8-14)20-12-5-6-16(20)21/h7-10H,2-6,11-13H2,1H3,(H2,18,19,22). The number of carbonyl (C=O) groups excluding carboxylic acids is 2. The van der Waals surface area contributed by atoms with Crippen molar-refractivity contribution in [2.24, 2.45) is 0 Å². The molecule has 1 aromatic rings. The third-order valence-corrected chi connectivity index (χ3v) is 3.72. The Kier molecular flexibility index (Phi) is 6.87. The molecule has 0 aliphatic carbocycles. The lowest BCUT2D eigenvalue weighted by Crippen LogP contribution is -2.29. The number of rotatable bonds is 8. The monoisotopic (exact) mass is 319 g/mol. The Hall–Kier alpha value is -2.08. The number of amides is 3. The van der Waals surface area contributed by atoms with E-state index in [-0.39, 0.29) is 11.9 Å². The number of nitrogens with one attached hydrogen (secondary N) is 2. The van der Waals surface area contributed by atoms with Crippen molar-refractivity contribution in [2.75, 3.05) is 36.5 Å². The van der Waals surface area contributed by atoms with E-state index in [1.165, 1.54) is 0 Å². The number of carbonyl (C=O) groups is 2. The van der Waals surface area contributed by atoms with Gasteiger partial charge in [-0.3, -0.25) is 4.79 Å². The minimum atomic E-state index is -0.216. The fourth-order valence-corrected chi connectivity index (χ4v) is 2.50. The molecule has 0 atom stereocenters. The number of anilines is 2. The van der Waals surface area contributed by atoms with Crippen LogP contribution in [0.25, 0.3) is 0 Å². The molecule has 1 aliphatic heterocycles. The van der Waals surface area contributed by atoms with Crippen LogP contribution in [-0.2, 0) is 9.53 Å². The SMILES string of the molecule is CCOCCCCNC(=O)Nc1ccc(N2CCCC2=O)cc1. The van der Waals surface area contributed by atoms with Crippen LogP contribution < -0.4 is 15.5 Å². The maximum atomic E-state index is 11.8. The molecule has 0 bridgehead atoms. The van der Waals surface area contributed by atoms with Gasteiger partial charge in [0.25, 0.3) is 0 Å². The largest absolute Gasteiger partial charge is 0.382 e. The first-order valence-corrected chi connectivity index (χ1v) is 8.23. The number of benzene rings is 1. The molecule has 1 saturated heterocycles. The zero-order valence-corrected chi connectivity index (χ0v) is 13.6. The lowest BCUT2D eigenvalue weighted by Gasteiger charge is -2.16. The lowest BCUT2D eigenvalue weighted by atomic mass is 10.2. The third kappa shape index (κ3) is 5.56. The van der Waals surface area contributed by atoms with Gasteiger partial charge in [0.15, 0.2) is 0 Å². The molecule has 0 saturated carbocycles. The van der Waals surface area contributed by atoms with E-state index in [0.717, 1.165) is 44.7 Å². The second-order valence-electron chi connectivity index (χ2n) is 5.48. The summed E-state index contributed by atoms with van der Waals surface area (Å²) in [5, 5.41) is 5.60. The fourth-order valence-electron chi connectivity index (χ4n) is 2.50. The average Bonchev–Trinajstić information content (AvgIpc) is 2.97. The van der Waals surface area contributed by atoms with Crippen molar-refractivity contribution < 1.29 is 14.3 Å². The van der Waals surface area contributed by atoms with Gasteiger partial charge in [0, 0.05) is 44.1 Å². The Bertz CT molecular complexity index is 516. The number of hydrogen-bond acceptors (Lipinski definition) is 3.